The number of carbonyl (C=O) groups is 5. The second kappa shape index (κ2) is 12.5. The predicted octanol–water partition coefficient (Wildman–Crippen LogP) is 1.98. The molecule has 0 radical (unpaired) electrons. The number of rotatable bonds is 7. The number of ketones is 4. The number of hydrogen-bond acceptors (Lipinski definition) is 11. The maximum Gasteiger partial charge on any atom is 0.244 e. The van der Waals surface area contributed by atoms with Gasteiger partial charge in [0.2, 0.25) is 17.5 Å². The van der Waals surface area contributed by atoms with E-state index in [0.29, 0.717) is 11.3 Å². The molecule has 0 aromatic heterocycles. The van der Waals surface area contributed by atoms with E-state index in [4.69, 9.17) is 14.2 Å². The van der Waals surface area contributed by atoms with Crippen molar-refractivity contribution < 1.29 is 38.2 Å². The first-order valence-corrected chi connectivity index (χ1v) is 15.6. The molecule has 1 fully saturated rings. The third kappa shape index (κ3) is 4.93. The smallest absolute Gasteiger partial charge is 0.244 e. The number of methoxy groups -OCH3 is 3. The first kappa shape index (κ1) is 32.8. The third-order valence-corrected chi connectivity index (χ3v) is 10.2. The standard InChI is InChI=1S/C36H36N4O8/c1-17-31(42)21-14-24-30-29-22(32(43)18(2)36(48-6)34(29)45)13-23(39(30)3)25(15-37)40(24)26(28(21)33(44)35(17)47-5)16-38-27(41)12-9-19-7-10-20(46-4)11-8-19/h7-12,23-26,30H,13-14,16H2,1-6H3,(H,38,41)/b12-9+/t23-,24-,25-,26-,30-/m0/s1. The molecule has 1 saturated heterocycles. The molecule has 12 nitrogen and oxygen atoms in total. The number of carbonyl (C=O) groups excluding carboxylic acids is 5. The highest BCUT2D eigenvalue weighted by molar-refractivity contribution is 6.26. The van der Waals surface area contributed by atoms with Crippen molar-refractivity contribution in [2.75, 3.05) is 34.9 Å². The summed E-state index contributed by atoms with van der Waals surface area (Å²) in [7, 11) is 6.04. The van der Waals surface area contributed by atoms with Gasteiger partial charge in [0.15, 0.2) is 23.1 Å². The quantitative estimate of drug-likeness (QED) is 0.340. The van der Waals surface area contributed by atoms with Gasteiger partial charge in [0.25, 0.3) is 0 Å². The van der Waals surface area contributed by atoms with E-state index in [0.717, 1.165) is 5.56 Å². The van der Waals surface area contributed by atoms with Crippen LogP contribution in [0, 0.1) is 11.3 Å². The van der Waals surface area contributed by atoms with Gasteiger partial charge < -0.3 is 19.5 Å². The number of nitrogens with one attached hydrogen (secondary N) is 1. The van der Waals surface area contributed by atoms with E-state index in [1.165, 1.54) is 27.2 Å². The van der Waals surface area contributed by atoms with Crippen LogP contribution in [0.25, 0.3) is 6.08 Å². The second-order valence-electron chi connectivity index (χ2n) is 12.5. The van der Waals surface area contributed by atoms with E-state index in [9.17, 15) is 29.2 Å². The molecular formula is C36H36N4O8. The van der Waals surface area contributed by atoms with Crippen molar-refractivity contribution >= 4 is 35.1 Å². The van der Waals surface area contributed by atoms with E-state index in [-0.39, 0.29) is 70.3 Å². The van der Waals surface area contributed by atoms with Crippen LogP contribution in [0.4, 0.5) is 0 Å². The number of likely N-dealkylation sites (N-methyl/N-ethyl adjacent to an activating group) is 1. The first-order valence-electron chi connectivity index (χ1n) is 15.6. The largest absolute Gasteiger partial charge is 0.497 e. The number of benzene rings is 1. The summed E-state index contributed by atoms with van der Waals surface area (Å²) in [6.45, 7) is 2.97. The Morgan fingerprint density at radius 2 is 1.44 bits per heavy atom. The molecule has 1 amide bonds. The zero-order chi connectivity index (χ0) is 34.6. The summed E-state index contributed by atoms with van der Waals surface area (Å²) < 4.78 is 16.0. The summed E-state index contributed by atoms with van der Waals surface area (Å²) in [6, 6.07) is 5.88. The molecule has 1 N–H and O–H groups in total. The molecule has 1 aromatic rings. The van der Waals surface area contributed by atoms with Crippen molar-refractivity contribution in [2.24, 2.45) is 0 Å². The third-order valence-electron chi connectivity index (χ3n) is 10.2. The zero-order valence-corrected chi connectivity index (χ0v) is 27.6. The molecule has 5 aliphatic rings. The van der Waals surface area contributed by atoms with Gasteiger partial charge in [-0.3, -0.25) is 33.8 Å². The molecule has 0 spiro atoms. The molecule has 248 valence electrons. The van der Waals surface area contributed by atoms with Crippen LogP contribution in [0.3, 0.4) is 0 Å². The van der Waals surface area contributed by atoms with Crippen molar-refractivity contribution in [3.63, 3.8) is 0 Å². The van der Waals surface area contributed by atoms with Crippen molar-refractivity contribution in [2.45, 2.75) is 56.9 Å². The summed E-state index contributed by atoms with van der Waals surface area (Å²) in [5, 5.41) is 13.6. The maximum absolute atomic E-state index is 14.0. The van der Waals surface area contributed by atoms with E-state index >= 15 is 0 Å². The average molecular weight is 653 g/mol. The number of fused-ring (bicyclic) bond motifs is 5. The average Bonchev–Trinajstić information content (AvgIpc) is 3.08. The lowest BCUT2D eigenvalue weighted by Crippen LogP contribution is -2.74. The van der Waals surface area contributed by atoms with Gasteiger partial charge in [-0.15, -0.1) is 0 Å². The van der Waals surface area contributed by atoms with Crippen LogP contribution < -0.4 is 10.1 Å². The predicted molar refractivity (Wildman–Crippen MR) is 172 cm³/mol. The number of nitrogens with zero attached hydrogens (tertiary/aromatic N) is 3. The van der Waals surface area contributed by atoms with Crippen LogP contribution in [0.5, 0.6) is 5.75 Å². The normalized spacial score (nSPS) is 27.6. The number of Topliss-reactive ketones (excluding diaryl/α,β-unsaturated/α-hetero) is 4. The van der Waals surface area contributed by atoms with Crippen LogP contribution in [-0.2, 0) is 33.4 Å². The lowest BCUT2D eigenvalue weighted by molar-refractivity contribution is -0.125. The molecule has 6 rings (SSSR count). The molecule has 0 saturated carbocycles. The lowest BCUT2D eigenvalue weighted by atomic mass is 9.67. The molecule has 2 bridgehead atoms. The molecule has 0 unspecified atom stereocenters. The fourth-order valence-corrected chi connectivity index (χ4v) is 7.96. The van der Waals surface area contributed by atoms with Gasteiger partial charge in [-0.1, -0.05) is 12.1 Å². The monoisotopic (exact) mass is 652 g/mol. The minimum Gasteiger partial charge on any atom is -0.497 e. The Bertz CT molecular complexity index is 1860. The Morgan fingerprint density at radius 1 is 0.875 bits per heavy atom. The molecule has 12 heteroatoms. The Labute approximate surface area is 278 Å². The van der Waals surface area contributed by atoms with Gasteiger partial charge in [0.05, 0.1) is 39.5 Å². The minimum absolute atomic E-state index is 0.0323. The number of amides is 1. The molecule has 5 atom stereocenters. The van der Waals surface area contributed by atoms with Crippen molar-refractivity contribution in [3.05, 3.63) is 80.9 Å². The summed E-state index contributed by atoms with van der Waals surface area (Å²) in [4.78, 5) is 72.4. The SMILES string of the molecule is COC1=C(C)C(=O)C2=C(C1=O)[C@@H]1[C@@H]3CC4=C(C(=O)C(OC)=C(C)C4=O)[C@H](CNC(=O)/C=C/c4ccc(OC)cc4)N3[C@@H](C#N)[C@H](C2)N1C. The molecule has 1 aromatic carbocycles. The van der Waals surface area contributed by atoms with Crippen molar-refractivity contribution in [1.82, 2.24) is 15.1 Å². The number of piperazine rings is 1. The van der Waals surface area contributed by atoms with Crippen molar-refractivity contribution in [1.29, 1.82) is 5.26 Å². The fourth-order valence-electron chi connectivity index (χ4n) is 7.96. The number of allylic oxidation sites excluding steroid dienone is 4. The Morgan fingerprint density at radius 3 is 2.00 bits per heavy atom. The summed E-state index contributed by atoms with van der Waals surface area (Å²) in [5.41, 5.74) is 2.17. The van der Waals surface area contributed by atoms with Gasteiger partial charge in [-0.05, 0) is 57.5 Å². The van der Waals surface area contributed by atoms with Crippen LogP contribution in [0.2, 0.25) is 0 Å². The van der Waals surface area contributed by atoms with Gasteiger partial charge in [-0.25, -0.2) is 0 Å². The molecule has 2 aliphatic carbocycles. The maximum atomic E-state index is 14.0. The fraction of sp³-hybridized carbons (Fsp3) is 0.389. The Balaban J connectivity index is 1.42. The van der Waals surface area contributed by atoms with E-state index in [1.807, 2.05) is 16.8 Å². The summed E-state index contributed by atoms with van der Waals surface area (Å²) in [6.07, 6.45) is 3.17. The van der Waals surface area contributed by atoms with E-state index in [2.05, 4.69) is 11.4 Å². The summed E-state index contributed by atoms with van der Waals surface area (Å²) in [5.74, 6) is -1.46. The minimum atomic E-state index is -0.911. The van der Waals surface area contributed by atoms with Gasteiger partial charge >= 0.3 is 0 Å². The Kier molecular flexibility index (Phi) is 8.53. The number of hydrogen-bond donors (Lipinski definition) is 1. The molecule has 3 heterocycles. The summed E-state index contributed by atoms with van der Waals surface area (Å²) >= 11 is 0. The van der Waals surface area contributed by atoms with Crippen LogP contribution in [-0.4, -0.2) is 104 Å². The highest BCUT2D eigenvalue weighted by atomic mass is 16.5. The highest BCUT2D eigenvalue weighted by Gasteiger charge is 2.59. The van der Waals surface area contributed by atoms with Gasteiger partial charge in [0, 0.05) is 58.1 Å². The molecule has 48 heavy (non-hydrogen) atoms. The van der Waals surface area contributed by atoms with Crippen LogP contribution >= 0.6 is 0 Å². The van der Waals surface area contributed by atoms with E-state index in [1.54, 1.807) is 44.4 Å². The number of ether oxygens (including phenoxy) is 3. The van der Waals surface area contributed by atoms with Crippen LogP contribution in [0.1, 0.15) is 32.3 Å². The van der Waals surface area contributed by atoms with Crippen molar-refractivity contribution in [3.8, 4) is 11.8 Å². The highest BCUT2D eigenvalue weighted by Crippen LogP contribution is 2.49. The van der Waals surface area contributed by atoms with Crippen LogP contribution in [0.15, 0.2) is 75.3 Å². The van der Waals surface area contributed by atoms with Gasteiger partial charge in [0.1, 0.15) is 11.8 Å². The Hall–Kier alpha value is -5.12. The van der Waals surface area contributed by atoms with Gasteiger partial charge in [-0.2, -0.15) is 5.26 Å². The first-order chi connectivity index (χ1) is 23.0. The number of nitriles is 1. The zero-order valence-electron chi connectivity index (χ0n) is 27.6. The molecule has 3 aliphatic heterocycles. The lowest BCUT2D eigenvalue weighted by Gasteiger charge is -2.60. The second-order valence-corrected chi connectivity index (χ2v) is 12.5. The van der Waals surface area contributed by atoms with E-state index < -0.39 is 47.7 Å². The topological polar surface area (TPSA) is 155 Å². The molecular weight excluding hydrogens is 616 g/mol.